The standard InChI is InChI=1S/C11H7Cl3N2O2/c12-4-7(13)8(14)5-2-1-3-6-9(5)15-11(18)16-10(6)17/h1-3H,4H2,(H2,15,16,17,18)/b8-7+. The molecule has 4 nitrogen and oxygen atoms in total. The highest BCUT2D eigenvalue weighted by Crippen LogP contribution is 2.29. The van der Waals surface area contributed by atoms with Crippen molar-refractivity contribution in [3.8, 4) is 0 Å². The molecule has 0 aliphatic carbocycles. The molecule has 1 heterocycles. The van der Waals surface area contributed by atoms with Crippen LogP contribution in [0.25, 0.3) is 15.9 Å². The van der Waals surface area contributed by atoms with Gasteiger partial charge in [-0.15, -0.1) is 11.6 Å². The molecule has 0 aliphatic heterocycles. The summed E-state index contributed by atoms with van der Waals surface area (Å²) in [5, 5.41) is 0.773. The van der Waals surface area contributed by atoms with Crippen molar-refractivity contribution in [1.29, 1.82) is 0 Å². The second-order valence-electron chi connectivity index (χ2n) is 3.49. The van der Waals surface area contributed by atoms with Crippen LogP contribution >= 0.6 is 34.8 Å². The lowest BCUT2D eigenvalue weighted by molar-refractivity contribution is 1.08. The quantitative estimate of drug-likeness (QED) is 0.838. The van der Waals surface area contributed by atoms with E-state index in [9.17, 15) is 9.59 Å². The first-order valence-corrected chi connectivity index (χ1v) is 6.19. The summed E-state index contributed by atoms with van der Waals surface area (Å²) < 4.78 is 0. The van der Waals surface area contributed by atoms with Crippen LogP contribution in [0.3, 0.4) is 0 Å². The minimum absolute atomic E-state index is 0.0458. The van der Waals surface area contributed by atoms with Gasteiger partial charge in [-0.05, 0) is 6.07 Å². The minimum Gasteiger partial charge on any atom is -0.306 e. The smallest absolute Gasteiger partial charge is 0.306 e. The lowest BCUT2D eigenvalue weighted by atomic mass is 10.1. The molecule has 0 bridgehead atoms. The van der Waals surface area contributed by atoms with Crippen molar-refractivity contribution in [1.82, 2.24) is 9.97 Å². The average Bonchev–Trinajstić information content (AvgIpc) is 2.36. The van der Waals surface area contributed by atoms with Gasteiger partial charge in [0.1, 0.15) is 0 Å². The number of aromatic amines is 2. The van der Waals surface area contributed by atoms with Crippen molar-refractivity contribution in [3.05, 3.63) is 49.6 Å². The van der Waals surface area contributed by atoms with E-state index in [-0.39, 0.29) is 15.9 Å². The van der Waals surface area contributed by atoms with E-state index in [2.05, 4.69) is 9.97 Å². The Morgan fingerprint density at radius 2 is 1.89 bits per heavy atom. The summed E-state index contributed by atoms with van der Waals surface area (Å²) in [6.07, 6.45) is 0. The fourth-order valence-electron chi connectivity index (χ4n) is 1.58. The number of H-pyrrole nitrogens is 2. The summed E-state index contributed by atoms with van der Waals surface area (Å²) in [5.74, 6) is 0.0458. The van der Waals surface area contributed by atoms with Gasteiger partial charge in [-0.3, -0.25) is 9.78 Å². The Morgan fingerprint density at radius 1 is 1.17 bits per heavy atom. The third-order valence-corrected chi connectivity index (χ3v) is 3.62. The first-order valence-electron chi connectivity index (χ1n) is 4.90. The van der Waals surface area contributed by atoms with Gasteiger partial charge >= 0.3 is 5.69 Å². The zero-order valence-corrected chi connectivity index (χ0v) is 11.2. The monoisotopic (exact) mass is 304 g/mol. The molecular weight excluding hydrogens is 298 g/mol. The SMILES string of the molecule is O=c1[nH]c(=O)c2cccc(/C(Cl)=C(\Cl)CCl)c2[nH]1. The van der Waals surface area contributed by atoms with Crippen molar-refractivity contribution >= 4 is 50.7 Å². The number of aromatic nitrogens is 2. The van der Waals surface area contributed by atoms with E-state index < -0.39 is 11.2 Å². The predicted octanol–water partition coefficient (Wildman–Crippen LogP) is 2.60. The van der Waals surface area contributed by atoms with Crippen LogP contribution in [0.15, 0.2) is 32.8 Å². The number of hydrogen-bond acceptors (Lipinski definition) is 2. The Labute approximate surface area is 116 Å². The van der Waals surface area contributed by atoms with E-state index in [0.717, 1.165) is 0 Å². The van der Waals surface area contributed by atoms with Gasteiger partial charge in [-0.2, -0.15) is 0 Å². The maximum atomic E-state index is 11.6. The van der Waals surface area contributed by atoms with Gasteiger partial charge in [0.05, 0.1) is 26.8 Å². The van der Waals surface area contributed by atoms with Gasteiger partial charge in [0.15, 0.2) is 0 Å². The maximum Gasteiger partial charge on any atom is 0.326 e. The molecule has 0 unspecified atom stereocenters. The molecule has 1 aromatic heterocycles. The molecule has 2 N–H and O–H groups in total. The molecular formula is C11H7Cl3N2O2. The summed E-state index contributed by atoms with van der Waals surface area (Å²) in [4.78, 5) is 27.6. The fourth-order valence-corrected chi connectivity index (χ4v) is 2.11. The summed E-state index contributed by atoms with van der Waals surface area (Å²) in [7, 11) is 0. The number of fused-ring (bicyclic) bond motifs is 1. The van der Waals surface area contributed by atoms with Crippen LogP contribution in [0.4, 0.5) is 0 Å². The number of nitrogens with one attached hydrogen (secondary N) is 2. The van der Waals surface area contributed by atoms with Crippen LogP contribution in [-0.4, -0.2) is 15.8 Å². The number of rotatable bonds is 2. The third kappa shape index (κ3) is 2.32. The Balaban J connectivity index is 2.90. The lowest BCUT2D eigenvalue weighted by Crippen LogP contribution is -2.22. The highest BCUT2D eigenvalue weighted by Gasteiger charge is 2.11. The van der Waals surface area contributed by atoms with Crippen LogP contribution < -0.4 is 11.2 Å². The Morgan fingerprint density at radius 3 is 2.56 bits per heavy atom. The second kappa shape index (κ2) is 5.18. The molecule has 0 amide bonds. The molecule has 0 aliphatic rings. The van der Waals surface area contributed by atoms with Crippen LogP contribution in [-0.2, 0) is 0 Å². The van der Waals surface area contributed by atoms with Crippen LogP contribution in [0.1, 0.15) is 5.56 Å². The van der Waals surface area contributed by atoms with Gasteiger partial charge in [0.2, 0.25) is 0 Å². The number of para-hydroxylation sites is 1. The van der Waals surface area contributed by atoms with Crippen molar-refractivity contribution in [2.45, 2.75) is 0 Å². The zero-order chi connectivity index (χ0) is 13.3. The molecule has 0 fully saturated rings. The highest BCUT2D eigenvalue weighted by molar-refractivity contribution is 6.56. The normalized spacial score (nSPS) is 12.6. The molecule has 94 valence electrons. The summed E-state index contributed by atoms with van der Waals surface area (Å²) in [6.45, 7) is 0. The number of hydrogen-bond donors (Lipinski definition) is 2. The van der Waals surface area contributed by atoms with Gasteiger partial charge < -0.3 is 4.98 Å². The van der Waals surface area contributed by atoms with Crippen molar-refractivity contribution < 1.29 is 0 Å². The van der Waals surface area contributed by atoms with Crippen molar-refractivity contribution in [3.63, 3.8) is 0 Å². The van der Waals surface area contributed by atoms with E-state index in [1.165, 1.54) is 0 Å². The van der Waals surface area contributed by atoms with E-state index >= 15 is 0 Å². The Kier molecular flexibility index (Phi) is 3.80. The zero-order valence-electron chi connectivity index (χ0n) is 8.89. The second-order valence-corrected chi connectivity index (χ2v) is 4.59. The van der Waals surface area contributed by atoms with Gasteiger partial charge in [-0.25, -0.2) is 4.79 Å². The number of halogens is 3. The average molecular weight is 306 g/mol. The molecule has 0 atom stereocenters. The van der Waals surface area contributed by atoms with Crippen LogP contribution in [0.5, 0.6) is 0 Å². The Bertz CT molecular complexity index is 746. The van der Waals surface area contributed by atoms with Crippen LogP contribution in [0.2, 0.25) is 0 Å². The van der Waals surface area contributed by atoms with E-state index in [1.807, 2.05) is 0 Å². The van der Waals surface area contributed by atoms with Crippen LogP contribution in [0, 0.1) is 0 Å². The van der Waals surface area contributed by atoms with E-state index in [1.54, 1.807) is 18.2 Å². The summed E-state index contributed by atoms with van der Waals surface area (Å²) >= 11 is 17.5. The lowest BCUT2D eigenvalue weighted by Gasteiger charge is -2.05. The van der Waals surface area contributed by atoms with Gasteiger partial charge in [0.25, 0.3) is 5.56 Å². The van der Waals surface area contributed by atoms with Crippen molar-refractivity contribution in [2.24, 2.45) is 0 Å². The largest absolute Gasteiger partial charge is 0.326 e. The molecule has 2 rings (SSSR count). The van der Waals surface area contributed by atoms with Gasteiger partial charge in [0, 0.05) is 5.56 Å². The number of allylic oxidation sites excluding steroid dienone is 1. The molecule has 7 heteroatoms. The molecule has 0 spiro atoms. The summed E-state index contributed by atoms with van der Waals surface area (Å²) in [5.41, 5.74) is -0.295. The molecule has 0 saturated carbocycles. The fraction of sp³-hybridized carbons (Fsp3) is 0.0909. The molecule has 1 aromatic carbocycles. The molecule has 0 saturated heterocycles. The minimum atomic E-state index is -0.605. The highest BCUT2D eigenvalue weighted by atomic mass is 35.5. The molecule has 18 heavy (non-hydrogen) atoms. The van der Waals surface area contributed by atoms with Gasteiger partial charge in [-0.1, -0.05) is 35.3 Å². The first-order chi connectivity index (χ1) is 8.54. The van der Waals surface area contributed by atoms with E-state index in [4.69, 9.17) is 34.8 Å². The first kappa shape index (κ1) is 13.2. The third-order valence-electron chi connectivity index (χ3n) is 2.37. The number of alkyl halides is 1. The van der Waals surface area contributed by atoms with Crippen molar-refractivity contribution in [2.75, 3.05) is 5.88 Å². The van der Waals surface area contributed by atoms with E-state index in [0.29, 0.717) is 16.5 Å². The number of benzene rings is 1. The summed E-state index contributed by atoms with van der Waals surface area (Å²) in [6, 6.07) is 4.87. The topological polar surface area (TPSA) is 65.7 Å². The molecule has 2 aromatic rings. The molecule has 0 radical (unpaired) electrons. The Hall–Kier alpha value is -1.23. The maximum absolute atomic E-state index is 11.6. The predicted molar refractivity (Wildman–Crippen MR) is 74.5 cm³/mol.